The summed E-state index contributed by atoms with van der Waals surface area (Å²) >= 11 is 0. The molecule has 1 saturated carbocycles. The molecule has 2 aromatic rings. The average Bonchev–Trinajstić information content (AvgIpc) is 2.99. The van der Waals surface area contributed by atoms with Gasteiger partial charge in [0, 0.05) is 24.8 Å². The third kappa shape index (κ3) is 2.26. The van der Waals surface area contributed by atoms with Crippen LogP contribution >= 0.6 is 0 Å². The molecule has 1 atom stereocenters. The molecule has 20 heavy (non-hydrogen) atoms. The van der Waals surface area contributed by atoms with E-state index < -0.39 is 0 Å². The van der Waals surface area contributed by atoms with Gasteiger partial charge in [0.2, 0.25) is 5.95 Å². The predicted octanol–water partition coefficient (Wildman–Crippen LogP) is 1.76. The molecule has 5 nitrogen and oxygen atoms in total. The Morgan fingerprint density at radius 1 is 1.40 bits per heavy atom. The second-order valence-corrected chi connectivity index (χ2v) is 6.10. The lowest BCUT2D eigenvalue weighted by atomic mass is 10.2. The zero-order valence-corrected chi connectivity index (χ0v) is 11.9. The molecule has 0 amide bonds. The number of aromatic nitrogens is 3. The molecule has 2 fully saturated rings. The van der Waals surface area contributed by atoms with Gasteiger partial charge in [-0.1, -0.05) is 0 Å². The first-order chi connectivity index (χ1) is 9.79. The molecule has 1 aliphatic heterocycles. The molecule has 106 valence electrons. The van der Waals surface area contributed by atoms with Gasteiger partial charge in [-0.3, -0.25) is 0 Å². The Bertz CT molecular complexity index is 610. The summed E-state index contributed by atoms with van der Waals surface area (Å²) in [6.45, 7) is 4.29. The molecule has 0 radical (unpaired) electrons. The fourth-order valence-electron chi connectivity index (χ4n) is 3.02. The van der Waals surface area contributed by atoms with E-state index >= 15 is 0 Å². The van der Waals surface area contributed by atoms with Crippen LogP contribution in [-0.2, 0) is 0 Å². The Hall–Kier alpha value is -1.62. The maximum absolute atomic E-state index is 4.73. The Morgan fingerprint density at radius 3 is 3.05 bits per heavy atom. The van der Waals surface area contributed by atoms with Crippen LogP contribution in [0.3, 0.4) is 0 Å². The van der Waals surface area contributed by atoms with Crippen molar-refractivity contribution in [2.45, 2.75) is 44.7 Å². The number of hydrogen-bond donors (Lipinski definition) is 1. The zero-order chi connectivity index (χ0) is 13.5. The van der Waals surface area contributed by atoms with E-state index in [4.69, 9.17) is 4.98 Å². The number of hydrogen-bond acceptors (Lipinski definition) is 4. The van der Waals surface area contributed by atoms with Crippen molar-refractivity contribution < 1.29 is 0 Å². The summed E-state index contributed by atoms with van der Waals surface area (Å²) in [5.74, 6) is 0.895. The Kier molecular flexibility index (Phi) is 2.88. The second-order valence-electron chi connectivity index (χ2n) is 6.10. The second kappa shape index (κ2) is 4.74. The number of aryl methyl sites for hydroxylation is 1. The fraction of sp³-hybridized carbons (Fsp3) is 0.600. The first-order valence-corrected chi connectivity index (χ1v) is 7.63. The minimum absolute atomic E-state index is 0.601. The molecule has 0 bridgehead atoms. The SMILES string of the molecule is Cc1ccn2nc(N(CC3CCCN3)C3CC3)nc2c1. The molecule has 3 heterocycles. The molecule has 1 unspecified atom stereocenters. The summed E-state index contributed by atoms with van der Waals surface area (Å²) in [7, 11) is 0. The summed E-state index contributed by atoms with van der Waals surface area (Å²) in [5.41, 5.74) is 2.18. The van der Waals surface area contributed by atoms with Crippen LogP contribution in [0.25, 0.3) is 5.65 Å². The monoisotopic (exact) mass is 271 g/mol. The third-order valence-electron chi connectivity index (χ3n) is 4.31. The quantitative estimate of drug-likeness (QED) is 0.920. The van der Waals surface area contributed by atoms with Crippen molar-refractivity contribution in [2.24, 2.45) is 0 Å². The van der Waals surface area contributed by atoms with Crippen molar-refractivity contribution in [3.05, 3.63) is 23.9 Å². The van der Waals surface area contributed by atoms with E-state index in [1.54, 1.807) is 0 Å². The van der Waals surface area contributed by atoms with Gasteiger partial charge in [-0.15, -0.1) is 5.10 Å². The minimum atomic E-state index is 0.601. The summed E-state index contributed by atoms with van der Waals surface area (Å²) in [5, 5.41) is 8.24. The predicted molar refractivity (Wildman–Crippen MR) is 79.1 cm³/mol. The lowest BCUT2D eigenvalue weighted by Crippen LogP contribution is -2.39. The molecular formula is C15H21N5. The number of nitrogens with zero attached hydrogens (tertiary/aromatic N) is 4. The van der Waals surface area contributed by atoms with Crippen LogP contribution in [0.4, 0.5) is 5.95 Å². The average molecular weight is 271 g/mol. The van der Waals surface area contributed by atoms with E-state index in [1.807, 2.05) is 10.7 Å². The van der Waals surface area contributed by atoms with E-state index in [9.17, 15) is 0 Å². The maximum Gasteiger partial charge on any atom is 0.245 e. The molecular weight excluding hydrogens is 250 g/mol. The van der Waals surface area contributed by atoms with Crippen LogP contribution in [0.15, 0.2) is 18.3 Å². The Labute approximate surface area is 119 Å². The van der Waals surface area contributed by atoms with Crippen molar-refractivity contribution in [1.29, 1.82) is 0 Å². The highest BCUT2D eigenvalue weighted by Crippen LogP contribution is 2.30. The molecule has 1 saturated heterocycles. The molecule has 4 rings (SSSR count). The summed E-state index contributed by atoms with van der Waals surface area (Å²) in [4.78, 5) is 7.14. The van der Waals surface area contributed by atoms with Crippen LogP contribution in [0, 0.1) is 6.92 Å². The van der Waals surface area contributed by atoms with E-state index in [-0.39, 0.29) is 0 Å². The molecule has 0 aromatic carbocycles. The standard InChI is InChI=1S/C15H21N5/c1-11-6-8-20-14(9-11)17-15(18-20)19(13-4-5-13)10-12-3-2-7-16-12/h6,8-9,12-13,16H,2-5,7,10H2,1H3. The van der Waals surface area contributed by atoms with Gasteiger partial charge >= 0.3 is 0 Å². The molecule has 2 aliphatic rings. The van der Waals surface area contributed by atoms with Gasteiger partial charge in [-0.05, 0) is 56.8 Å². The van der Waals surface area contributed by atoms with E-state index in [2.05, 4.69) is 34.4 Å². The van der Waals surface area contributed by atoms with E-state index in [1.165, 1.54) is 31.2 Å². The van der Waals surface area contributed by atoms with Crippen LogP contribution in [-0.4, -0.2) is 39.8 Å². The van der Waals surface area contributed by atoms with Gasteiger partial charge in [-0.2, -0.15) is 4.98 Å². The van der Waals surface area contributed by atoms with Crippen molar-refractivity contribution >= 4 is 11.6 Å². The highest BCUT2D eigenvalue weighted by atomic mass is 15.4. The van der Waals surface area contributed by atoms with Crippen molar-refractivity contribution in [1.82, 2.24) is 19.9 Å². The van der Waals surface area contributed by atoms with Crippen LogP contribution < -0.4 is 10.2 Å². The Balaban J connectivity index is 1.63. The van der Waals surface area contributed by atoms with Crippen molar-refractivity contribution in [3.63, 3.8) is 0 Å². The van der Waals surface area contributed by atoms with Crippen molar-refractivity contribution in [3.8, 4) is 0 Å². The van der Waals surface area contributed by atoms with Crippen LogP contribution in [0.5, 0.6) is 0 Å². The lowest BCUT2D eigenvalue weighted by Gasteiger charge is -2.24. The van der Waals surface area contributed by atoms with Crippen LogP contribution in [0.1, 0.15) is 31.2 Å². The molecule has 5 heteroatoms. The first-order valence-electron chi connectivity index (χ1n) is 7.63. The van der Waals surface area contributed by atoms with Crippen molar-refractivity contribution in [2.75, 3.05) is 18.0 Å². The van der Waals surface area contributed by atoms with Gasteiger partial charge in [0.15, 0.2) is 5.65 Å². The minimum Gasteiger partial charge on any atom is -0.335 e. The largest absolute Gasteiger partial charge is 0.335 e. The smallest absolute Gasteiger partial charge is 0.245 e. The topological polar surface area (TPSA) is 45.5 Å². The summed E-state index contributed by atoms with van der Waals surface area (Å²) < 4.78 is 1.89. The molecule has 1 aliphatic carbocycles. The maximum atomic E-state index is 4.73. The number of fused-ring (bicyclic) bond motifs is 1. The van der Waals surface area contributed by atoms with Crippen LogP contribution in [0.2, 0.25) is 0 Å². The molecule has 0 spiro atoms. The van der Waals surface area contributed by atoms with Gasteiger partial charge in [0.25, 0.3) is 0 Å². The van der Waals surface area contributed by atoms with E-state index in [0.717, 1.165) is 24.7 Å². The first kappa shape index (κ1) is 12.1. The van der Waals surface area contributed by atoms with Gasteiger partial charge in [-0.25, -0.2) is 4.52 Å². The number of rotatable bonds is 4. The summed E-state index contributed by atoms with van der Waals surface area (Å²) in [6, 6.07) is 5.42. The molecule has 1 N–H and O–H groups in total. The van der Waals surface area contributed by atoms with Gasteiger partial charge < -0.3 is 10.2 Å². The lowest BCUT2D eigenvalue weighted by molar-refractivity contribution is 0.571. The zero-order valence-electron chi connectivity index (χ0n) is 11.9. The highest BCUT2D eigenvalue weighted by Gasteiger charge is 2.33. The normalized spacial score (nSPS) is 22.6. The number of pyridine rings is 1. The van der Waals surface area contributed by atoms with Gasteiger partial charge in [0.1, 0.15) is 0 Å². The number of nitrogens with one attached hydrogen (secondary N) is 1. The number of anilines is 1. The summed E-state index contributed by atoms with van der Waals surface area (Å²) in [6.07, 6.45) is 7.12. The van der Waals surface area contributed by atoms with Gasteiger partial charge in [0.05, 0.1) is 0 Å². The Morgan fingerprint density at radius 2 is 2.30 bits per heavy atom. The third-order valence-corrected chi connectivity index (χ3v) is 4.31. The fourth-order valence-corrected chi connectivity index (χ4v) is 3.02. The molecule has 2 aromatic heterocycles. The van der Waals surface area contributed by atoms with E-state index in [0.29, 0.717) is 12.1 Å². The highest BCUT2D eigenvalue weighted by molar-refractivity contribution is 5.47.